The van der Waals surface area contributed by atoms with Crippen molar-refractivity contribution in [1.29, 1.82) is 0 Å². The molecule has 0 rings (SSSR count). The average Bonchev–Trinajstić information content (AvgIpc) is 2.02. The van der Waals surface area contributed by atoms with Gasteiger partial charge in [-0.2, -0.15) is 0 Å². The fraction of sp³-hybridized carbons (Fsp3) is 0.900. The third kappa shape index (κ3) is 4.37. The highest BCUT2D eigenvalue weighted by molar-refractivity contribution is 5.66. The summed E-state index contributed by atoms with van der Waals surface area (Å²) >= 11 is 0. The fourth-order valence-electron chi connectivity index (χ4n) is 1.49. The van der Waals surface area contributed by atoms with Gasteiger partial charge in [-0.25, -0.2) is 0 Å². The molecule has 0 aromatic heterocycles. The molecule has 12 heavy (non-hydrogen) atoms. The van der Waals surface area contributed by atoms with Gasteiger partial charge in [0.2, 0.25) is 0 Å². The van der Waals surface area contributed by atoms with E-state index in [0.717, 1.165) is 25.7 Å². The molecule has 0 amide bonds. The minimum atomic E-state index is -0.675. The van der Waals surface area contributed by atoms with E-state index in [1.54, 1.807) is 0 Å². The van der Waals surface area contributed by atoms with Gasteiger partial charge in [-0.15, -0.1) is 0 Å². The second kappa shape index (κ2) is 5.18. The monoisotopic (exact) mass is 172 g/mol. The van der Waals surface area contributed by atoms with Crippen LogP contribution in [0.3, 0.4) is 0 Å². The molecule has 2 heteroatoms. The third-order valence-electron chi connectivity index (χ3n) is 2.65. The van der Waals surface area contributed by atoms with Gasteiger partial charge < -0.3 is 5.11 Å². The van der Waals surface area contributed by atoms with Crippen molar-refractivity contribution in [3.8, 4) is 0 Å². The van der Waals surface area contributed by atoms with Gasteiger partial charge in [-0.3, -0.25) is 4.79 Å². The molecule has 0 aliphatic rings. The van der Waals surface area contributed by atoms with Crippen LogP contribution in [0, 0.1) is 5.41 Å². The maximum atomic E-state index is 10.4. The average molecular weight is 172 g/mol. The summed E-state index contributed by atoms with van der Waals surface area (Å²) in [5, 5.41) is 8.54. The lowest BCUT2D eigenvalue weighted by Gasteiger charge is -2.26. The highest BCUT2D eigenvalue weighted by atomic mass is 16.4. The molecule has 1 atom stereocenters. The molecule has 0 bridgehead atoms. The second-order valence-corrected chi connectivity index (χ2v) is 3.81. The van der Waals surface area contributed by atoms with Crippen molar-refractivity contribution in [2.24, 2.45) is 5.41 Å². The van der Waals surface area contributed by atoms with E-state index in [9.17, 15) is 4.79 Å². The third-order valence-corrected chi connectivity index (χ3v) is 2.65. The molecular formula is C10H20O2. The Bertz CT molecular complexity index is 143. The highest BCUT2D eigenvalue weighted by Crippen LogP contribution is 2.32. The van der Waals surface area contributed by atoms with Gasteiger partial charge in [-0.1, -0.05) is 33.6 Å². The molecule has 0 radical (unpaired) electrons. The number of aliphatic carboxylic acids is 1. The Balaban J connectivity index is 3.86. The summed E-state index contributed by atoms with van der Waals surface area (Å²) in [6, 6.07) is 0. The van der Waals surface area contributed by atoms with Gasteiger partial charge in [0.05, 0.1) is 0 Å². The van der Waals surface area contributed by atoms with Crippen molar-refractivity contribution in [3.63, 3.8) is 0 Å². The molecule has 0 saturated carbocycles. The Morgan fingerprint density at radius 2 is 1.92 bits per heavy atom. The van der Waals surface area contributed by atoms with E-state index in [4.69, 9.17) is 5.11 Å². The van der Waals surface area contributed by atoms with E-state index in [-0.39, 0.29) is 5.41 Å². The molecule has 1 N–H and O–H groups in total. The SMILES string of the molecule is CCCC(C)(CC)CCC(=O)O. The standard InChI is InChI=1S/C10H20O2/c1-4-7-10(3,5-2)8-6-9(11)12/h4-8H2,1-3H3,(H,11,12). The Kier molecular flexibility index (Phi) is 4.95. The fourth-order valence-corrected chi connectivity index (χ4v) is 1.49. The minimum Gasteiger partial charge on any atom is -0.481 e. The van der Waals surface area contributed by atoms with Crippen LogP contribution in [0.4, 0.5) is 0 Å². The molecule has 0 saturated heterocycles. The smallest absolute Gasteiger partial charge is 0.303 e. The van der Waals surface area contributed by atoms with E-state index in [2.05, 4.69) is 20.8 Å². The molecule has 1 unspecified atom stereocenters. The molecule has 72 valence electrons. The lowest BCUT2D eigenvalue weighted by molar-refractivity contribution is -0.137. The van der Waals surface area contributed by atoms with Gasteiger partial charge in [0, 0.05) is 6.42 Å². The second-order valence-electron chi connectivity index (χ2n) is 3.81. The maximum Gasteiger partial charge on any atom is 0.303 e. The molecule has 0 spiro atoms. The normalized spacial score (nSPS) is 15.6. The van der Waals surface area contributed by atoms with Gasteiger partial charge >= 0.3 is 5.97 Å². The molecule has 0 heterocycles. The molecule has 0 aromatic rings. The zero-order valence-corrected chi connectivity index (χ0v) is 8.39. The van der Waals surface area contributed by atoms with E-state index in [0.29, 0.717) is 6.42 Å². The number of rotatable bonds is 6. The molecule has 0 aromatic carbocycles. The van der Waals surface area contributed by atoms with Gasteiger partial charge in [0.15, 0.2) is 0 Å². The van der Waals surface area contributed by atoms with Crippen molar-refractivity contribution >= 4 is 5.97 Å². The van der Waals surface area contributed by atoms with Crippen LogP contribution in [0.5, 0.6) is 0 Å². The maximum absolute atomic E-state index is 10.4. The quantitative estimate of drug-likeness (QED) is 0.668. The largest absolute Gasteiger partial charge is 0.481 e. The van der Waals surface area contributed by atoms with E-state index in [1.807, 2.05) is 0 Å². The van der Waals surface area contributed by atoms with Crippen molar-refractivity contribution in [2.75, 3.05) is 0 Å². The molecule has 0 aliphatic heterocycles. The summed E-state index contributed by atoms with van der Waals surface area (Å²) in [7, 11) is 0. The lowest BCUT2D eigenvalue weighted by Crippen LogP contribution is -2.16. The van der Waals surface area contributed by atoms with Crippen LogP contribution >= 0.6 is 0 Å². The topological polar surface area (TPSA) is 37.3 Å². The first-order valence-corrected chi connectivity index (χ1v) is 4.76. The number of carboxylic acid groups (broad SMARTS) is 1. The predicted octanol–water partition coefficient (Wildman–Crippen LogP) is 3.07. The molecular weight excluding hydrogens is 152 g/mol. The lowest BCUT2D eigenvalue weighted by atomic mass is 9.79. The summed E-state index contributed by atoms with van der Waals surface area (Å²) < 4.78 is 0. The van der Waals surface area contributed by atoms with Crippen molar-refractivity contribution in [2.45, 2.75) is 52.9 Å². The van der Waals surface area contributed by atoms with Crippen LogP contribution < -0.4 is 0 Å². The minimum absolute atomic E-state index is 0.243. The molecule has 0 fully saturated rings. The first-order chi connectivity index (χ1) is 5.54. The zero-order valence-electron chi connectivity index (χ0n) is 8.39. The highest BCUT2D eigenvalue weighted by Gasteiger charge is 2.21. The number of carbonyl (C=O) groups is 1. The first-order valence-electron chi connectivity index (χ1n) is 4.76. The van der Waals surface area contributed by atoms with Gasteiger partial charge in [0.25, 0.3) is 0 Å². The van der Waals surface area contributed by atoms with Gasteiger partial charge in [0.1, 0.15) is 0 Å². The summed E-state index contributed by atoms with van der Waals surface area (Å²) in [6.07, 6.45) is 4.48. The van der Waals surface area contributed by atoms with Crippen molar-refractivity contribution in [3.05, 3.63) is 0 Å². The molecule has 0 aliphatic carbocycles. The Morgan fingerprint density at radius 1 is 1.33 bits per heavy atom. The number of hydrogen-bond donors (Lipinski definition) is 1. The van der Waals surface area contributed by atoms with Gasteiger partial charge in [-0.05, 0) is 18.3 Å². The zero-order chi connectivity index (χ0) is 9.61. The van der Waals surface area contributed by atoms with Crippen LogP contribution in [0.15, 0.2) is 0 Å². The summed E-state index contributed by atoms with van der Waals surface area (Å²) in [4.78, 5) is 10.4. The van der Waals surface area contributed by atoms with Crippen LogP contribution in [-0.2, 0) is 4.79 Å². The molecule has 2 nitrogen and oxygen atoms in total. The summed E-state index contributed by atoms with van der Waals surface area (Å²) in [6.45, 7) is 6.46. The van der Waals surface area contributed by atoms with Crippen molar-refractivity contribution in [1.82, 2.24) is 0 Å². The van der Waals surface area contributed by atoms with E-state index >= 15 is 0 Å². The van der Waals surface area contributed by atoms with Crippen molar-refractivity contribution < 1.29 is 9.90 Å². The van der Waals surface area contributed by atoms with Crippen LogP contribution in [-0.4, -0.2) is 11.1 Å². The van der Waals surface area contributed by atoms with E-state index < -0.39 is 5.97 Å². The summed E-state index contributed by atoms with van der Waals surface area (Å²) in [5.74, 6) is -0.675. The van der Waals surface area contributed by atoms with Crippen LogP contribution in [0.25, 0.3) is 0 Å². The van der Waals surface area contributed by atoms with Crippen LogP contribution in [0.2, 0.25) is 0 Å². The Labute approximate surface area is 75.0 Å². The predicted molar refractivity (Wildman–Crippen MR) is 50.2 cm³/mol. The Morgan fingerprint density at radius 3 is 2.25 bits per heavy atom. The van der Waals surface area contributed by atoms with E-state index in [1.165, 1.54) is 0 Å². The Hall–Kier alpha value is -0.530. The van der Waals surface area contributed by atoms with Crippen LogP contribution in [0.1, 0.15) is 52.9 Å². The number of carboxylic acids is 1. The summed E-state index contributed by atoms with van der Waals surface area (Å²) in [5.41, 5.74) is 0.243. The number of hydrogen-bond acceptors (Lipinski definition) is 1. The first kappa shape index (κ1) is 11.5.